The minimum Gasteiger partial charge on any atom is -0.348 e. The van der Waals surface area contributed by atoms with Gasteiger partial charge < -0.3 is 9.80 Å². The monoisotopic (exact) mass is 417 g/mol. The lowest BCUT2D eigenvalue weighted by molar-refractivity contribution is -0.130. The summed E-state index contributed by atoms with van der Waals surface area (Å²) in [7, 11) is 3.52. The molecular formula is C24H27N5O2. The number of hydrogen-bond donors (Lipinski definition) is 0. The van der Waals surface area contributed by atoms with Crippen LogP contribution >= 0.6 is 0 Å². The largest absolute Gasteiger partial charge is 0.348 e. The van der Waals surface area contributed by atoms with E-state index in [2.05, 4.69) is 4.90 Å². The number of carbonyl (C=O) groups excluding carboxylic acids is 2. The van der Waals surface area contributed by atoms with Crippen molar-refractivity contribution >= 4 is 11.8 Å². The summed E-state index contributed by atoms with van der Waals surface area (Å²) in [4.78, 5) is 31.0. The van der Waals surface area contributed by atoms with Crippen LogP contribution in [0, 0.1) is 0 Å². The maximum atomic E-state index is 13.5. The summed E-state index contributed by atoms with van der Waals surface area (Å²) in [6.07, 6.45) is 1.82. The standard InChI is InChI=1S/C24H27N5O2/c1-26(2)22(30)18-27-13-15-28(16-14-27)24(31)21-17-29(20-11-7-4-8-12-20)25-23(21)19-9-5-3-6-10-19/h3-12,17H,13-16,18H2,1-2H3. The summed E-state index contributed by atoms with van der Waals surface area (Å²) in [5, 5.41) is 4.75. The van der Waals surface area contributed by atoms with Crippen molar-refractivity contribution in [3.63, 3.8) is 0 Å². The molecule has 160 valence electrons. The number of aromatic nitrogens is 2. The summed E-state index contributed by atoms with van der Waals surface area (Å²) in [5.74, 6) is 0.0508. The summed E-state index contributed by atoms with van der Waals surface area (Å²) >= 11 is 0. The van der Waals surface area contributed by atoms with Gasteiger partial charge in [-0.15, -0.1) is 0 Å². The van der Waals surface area contributed by atoms with E-state index < -0.39 is 0 Å². The molecule has 0 N–H and O–H groups in total. The number of rotatable bonds is 5. The highest BCUT2D eigenvalue weighted by Gasteiger charge is 2.27. The van der Waals surface area contributed by atoms with Crippen LogP contribution in [0.5, 0.6) is 0 Å². The van der Waals surface area contributed by atoms with Gasteiger partial charge in [0.25, 0.3) is 5.91 Å². The topological polar surface area (TPSA) is 61.7 Å². The molecule has 1 aliphatic heterocycles. The first-order chi connectivity index (χ1) is 15.0. The van der Waals surface area contributed by atoms with Gasteiger partial charge in [-0.25, -0.2) is 4.68 Å². The summed E-state index contributed by atoms with van der Waals surface area (Å²) < 4.78 is 1.77. The number of piperazine rings is 1. The van der Waals surface area contributed by atoms with E-state index >= 15 is 0 Å². The van der Waals surface area contributed by atoms with Crippen LogP contribution in [-0.2, 0) is 4.79 Å². The van der Waals surface area contributed by atoms with E-state index in [1.807, 2.05) is 71.8 Å². The fraction of sp³-hybridized carbons (Fsp3) is 0.292. The zero-order chi connectivity index (χ0) is 21.8. The SMILES string of the molecule is CN(C)C(=O)CN1CCN(C(=O)c2cn(-c3ccccc3)nc2-c2ccccc2)CC1. The predicted octanol–water partition coefficient (Wildman–Crippen LogP) is 2.39. The molecule has 1 fully saturated rings. The Morgan fingerprint density at radius 3 is 2.13 bits per heavy atom. The third kappa shape index (κ3) is 4.67. The van der Waals surface area contributed by atoms with Gasteiger partial charge in [0.15, 0.2) is 0 Å². The zero-order valence-electron chi connectivity index (χ0n) is 17.9. The maximum Gasteiger partial charge on any atom is 0.257 e. The Labute approximate surface area is 182 Å². The molecule has 4 rings (SSSR count). The first-order valence-corrected chi connectivity index (χ1v) is 10.5. The van der Waals surface area contributed by atoms with E-state index in [1.165, 1.54) is 0 Å². The van der Waals surface area contributed by atoms with Crippen molar-refractivity contribution < 1.29 is 9.59 Å². The smallest absolute Gasteiger partial charge is 0.257 e. The zero-order valence-corrected chi connectivity index (χ0v) is 17.9. The quantitative estimate of drug-likeness (QED) is 0.640. The molecule has 2 amide bonds. The molecule has 1 aliphatic rings. The second-order valence-corrected chi connectivity index (χ2v) is 7.89. The first-order valence-electron chi connectivity index (χ1n) is 10.5. The van der Waals surface area contributed by atoms with Crippen LogP contribution in [0.2, 0.25) is 0 Å². The normalized spacial score (nSPS) is 14.5. The van der Waals surface area contributed by atoms with E-state index in [0.29, 0.717) is 44.0 Å². The number of para-hydroxylation sites is 1. The molecule has 0 spiro atoms. The van der Waals surface area contributed by atoms with Gasteiger partial charge in [0.05, 0.1) is 17.8 Å². The average Bonchev–Trinajstić information content (AvgIpc) is 3.26. The van der Waals surface area contributed by atoms with E-state index in [0.717, 1.165) is 11.3 Å². The molecule has 0 unspecified atom stereocenters. The van der Waals surface area contributed by atoms with Gasteiger partial charge in [-0.2, -0.15) is 5.10 Å². The van der Waals surface area contributed by atoms with Crippen molar-refractivity contribution in [2.75, 3.05) is 46.8 Å². The van der Waals surface area contributed by atoms with Gasteiger partial charge in [0.1, 0.15) is 5.69 Å². The lowest BCUT2D eigenvalue weighted by atomic mass is 10.1. The maximum absolute atomic E-state index is 13.5. The Morgan fingerprint density at radius 1 is 0.903 bits per heavy atom. The second kappa shape index (κ2) is 9.14. The van der Waals surface area contributed by atoms with Crippen LogP contribution in [0.15, 0.2) is 66.9 Å². The summed E-state index contributed by atoms with van der Waals surface area (Å²) in [5.41, 5.74) is 3.09. The van der Waals surface area contributed by atoms with Crippen molar-refractivity contribution in [3.8, 4) is 16.9 Å². The molecule has 0 aliphatic carbocycles. The van der Waals surface area contributed by atoms with Gasteiger partial charge in [-0.05, 0) is 12.1 Å². The fourth-order valence-corrected chi connectivity index (χ4v) is 3.66. The Hall–Kier alpha value is -3.45. The molecule has 0 saturated carbocycles. The molecule has 2 heterocycles. The van der Waals surface area contributed by atoms with Gasteiger partial charge in [-0.1, -0.05) is 48.5 Å². The van der Waals surface area contributed by atoms with Crippen molar-refractivity contribution in [1.82, 2.24) is 24.5 Å². The highest BCUT2D eigenvalue weighted by atomic mass is 16.2. The predicted molar refractivity (Wildman–Crippen MR) is 120 cm³/mol. The Bertz CT molecular complexity index is 1040. The van der Waals surface area contributed by atoms with Crippen LogP contribution in [0.25, 0.3) is 16.9 Å². The van der Waals surface area contributed by atoms with E-state index in [9.17, 15) is 9.59 Å². The van der Waals surface area contributed by atoms with Crippen LogP contribution < -0.4 is 0 Å². The minimum absolute atomic E-state index is 0.0281. The molecule has 7 heteroatoms. The number of benzene rings is 2. The molecular weight excluding hydrogens is 390 g/mol. The molecule has 1 aromatic heterocycles. The summed E-state index contributed by atoms with van der Waals surface area (Å²) in [6, 6.07) is 19.6. The second-order valence-electron chi connectivity index (χ2n) is 7.89. The molecule has 0 bridgehead atoms. The summed E-state index contributed by atoms with van der Waals surface area (Å²) in [6.45, 7) is 2.92. The highest BCUT2D eigenvalue weighted by molar-refractivity contribution is 6.00. The van der Waals surface area contributed by atoms with E-state index in [4.69, 9.17) is 5.10 Å². The number of nitrogens with zero attached hydrogens (tertiary/aromatic N) is 5. The van der Waals surface area contributed by atoms with Crippen LogP contribution in [-0.4, -0.2) is 83.1 Å². The number of amides is 2. The van der Waals surface area contributed by atoms with Gasteiger partial charge in [0.2, 0.25) is 5.91 Å². The Kier molecular flexibility index (Phi) is 6.13. The lowest BCUT2D eigenvalue weighted by Crippen LogP contribution is -2.51. The third-order valence-electron chi connectivity index (χ3n) is 5.53. The van der Waals surface area contributed by atoms with Gasteiger partial charge >= 0.3 is 0 Å². The fourth-order valence-electron chi connectivity index (χ4n) is 3.66. The minimum atomic E-state index is -0.0281. The lowest BCUT2D eigenvalue weighted by Gasteiger charge is -2.34. The Balaban J connectivity index is 1.56. The van der Waals surface area contributed by atoms with E-state index in [-0.39, 0.29) is 11.8 Å². The van der Waals surface area contributed by atoms with Crippen molar-refractivity contribution in [3.05, 3.63) is 72.4 Å². The van der Waals surface area contributed by atoms with Crippen LogP contribution in [0.4, 0.5) is 0 Å². The van der Waals surface area contributed by atoms with Crippen molar-refractivity contribution in [2.24, 2.45) is 0 Å². The first kappa shape index (κ1) is 20.8. The number of carbonyl (C=O) groups is 2. The number of likely N-dealkylation sites (N-methyl/N-ethyl adjacent to an activating group) is 1. The van der Waals surface area contributed by atoms with Crippen molar-refractivity contribution in [2.45, 2.75) is 0 Å². The molecule has 2 aromatic carbocycles. The number of hydrogen-bond acceptors (Lipinski definition) is 4. The Morgan fingerprint density at radius 2 is 1.52 bits per heavy atom. The highest BCUT2D eigenvalue weighted by Crippen LogP contribution is 2.25. The van der Waals surface area contributed by atoms with Crippen LogP contribution in [0.3, 0.4) is 0 Å². The molecule has 31 heavy (non-hydrogen) atoms. The van der Waals surface area contributed by atoms with Crippen molar-refractivity contribution in [1.29, 1.82) is 0 Å². The van der Waals surface area contributed by atoms with Crippen LogP contribution in [0.1, 0.15) is 10.4 Å². The van der Waals surface area contributed by atoms with E-state index in [1.54, 1.807) is 23.7 Å². The molecule has 3 aromatic rings. The molecule has 0 atom stereocenters. The van der Waals surface area contributed by atoms with Gasteiger partial charge in [-0.3, -0.25) is 14.5 Å². The third-order valence-corrected chi connectivity index (χ3v) is 5.53. The molecule has 0 radical (unpaired) electrons. The molecule has 1 saturated heterocycles. The van der Waals surface area contributed by atoms with Gasteiger partial charge in [0, 0.05) is 52.0 Å². The molecule has 7 nitrogen and oxygen atoms in total. The average molecular weight is 418 g/mol.